The highest BCUT2D eigenvalue weighted by molar-refractivity contribution is 5.85. The first-order valence-corrected chi connectivity index (χ1v) is 9.20. The molecule has 6 heteroatoms. The van der Waals surface area contributed by atoms with Crippen molar-refractivity contribution in [2.24, 2.45) is 5.41 Å². The summed E-state index contributed by atoms with van der Waals surface area (Å²) in [5.74, 6) is 1.09. The van der Waals surface area contributed by atoms with Gasteiger partial charge in [-0.1, -0.05) is 26.0 Å². The van der Waals surface area contributed by atoms with Crippen LogP contribution in [0.5, 0.6) is 5.75 Å². The molecule has 148 valence electrons. The smallest absolute Gasteiger partial charge is 0.260 e. The first-order chi connectivity index (χ1) is 12.0. The summed E-state index contributed by atoms with van der Waals surface area (Å²) in [5, 5.41) is 6.43. The quantitative estimate of drug-likeness (QED) is 0.722. The second-order valence-electron chi connectivity index (χ2n) is 7.39. The lowest BCUT2D eigenvalue weighted by molar-refractivity contribution is -0.128. The first-order valence-electron chi connectivity index (χ1n) is 9.20. The second-order valence-corrected chi connectivity index (χ2v) is 7.39. The van der Waals surface area contributed by atoms with Crippen LogP contribution in [-0.4, -0.2) is 45.4 Å². The minimum Gasteiger partial charge on any atom is -0.481 e. The third kappa shape index (κ3) is 6.45. The predicted molar refractivity (Wildman–Crippen MR) is 107 cm³/mol. The van der Waals surface area contributed by atoms with Crippen LogP contribution in [0.1, 0.15) is 45.1 Å². The van der Waals surface area contributed by atoms with Crippen LogP contribution in [0, 0.1) is 5.41 Å². The van der Waals surface area contributed by atoms with Crippen molar-refractivity contribution < 1.29 is 14.3 Å². The van der Waals surface area contributed by atoms with Gasteiger partial charge in [0.2, 0.25) is 0 Å². The average Bonchev–Trinajstić information content (AvgIpc) is 2.61. The molecule has 0 aromatic heterocycles. The number of benzene rings is 1. The Morgan fingerprint density at radius 2 is 1.96 bits per heavy atom. The molecule has 0 spiro atoms. The summed E-state index contributed by atoms with van der Waals surface area (Å²) in [7, 11) is 1.72. The Balaban J connectivity index is 0.00000338. The number of carbonyl (C=O) groups is 1. The van der Waals surface area contributed by atoms with E-state index in [0.717, 1.165) is 31.7 Å². The van der Waals surface area contributed by atoms with Gasteiger partial charge in [-0.3, -0.25) is 4.79 Å². The summed E-state index contributed by atoms with van der Waals surface area (Å²) in [6, 6.07) is 7.95. The maximum Gasteiger partial charge on any atom is 0.260 e. The lowest BCUT2D eigenvalue weighted by Crippen LogP contribution is -2.49. The van der Waals surface area contributed by atoms with E-state index in [-0.39, 0.29) is 23.7 Å². The summed E-state index contributed by atoms with van der Waals surface area (Å²) in [4.78, 5) is 12.5. The Morgan fingerprint density at radius 3 is 2.58 bits per heavy atom. The van der Waals surface area contributed by atoms with Gasteiger partial charge in [0.15, 0.2) is 6.10 Å². The predicted octanol–water partition coefficient (Wildman–Crippen LogP) is 3.13. The minimum atomic E-state index is -0.524. The molecule has 1 unspecified atom stereocenters. The van der Waals surface area contributed by atoms with E-state index in [2.05, 4.69) is 30.5 Å². The van der Waals surface area contributed by atoms with Crippen molar-refractivity contribution in [3.8, 4) is 5.75 Å². The zero-order chi connectivity index (χ0) is 18.3. The summed E-state index contributed by atoms with van der Waals surface area (Å²) < 4.78 is 11.2. The van der Waals surface area contributed by atoms with E-state index in [1.807, 2.05) is 18.2 Å². The SMILES string of the molecule is COCC1(CNC(=O)C(C)Oc2cccc(C(C)C)c2)CCNCC1.Cl. The highest BCUT2D eigenvalue weighted by atomic mass is 35.5. The third-order valence-electron chi connectivity index (χ3n) is 4.96. The fourth-order valence-electron chi connectivity index (χ4n) is 3.26. The molecule has 1 saturated heterocycles. The van der Waals surface area contributed by atoms with Gasteiger partial charge in [-0.25, -0.2) is 0 Å². The second kappa shape index (κ2) is 10.8. The lowest BCUT2D eigenvalue weighted by Gasteiger charge is -2.37. The molecule has 2 N–H and O–H groups in total. The molecule has 1 amide bonds. The van der Waals surface area contributed by atoms with E-state index in [4.69, 9.17) is 9.47 Å². The highest BCUT2D eigenvalue weighted by Gasteiger charge is 2.33. The third-order valence-corrected chi connectivity index (χ3v) is 4.96. The van der Waals surface area contributed by atoms with Crippen molar-refractivity contribution >= 4 is 18.3 Å². The molecule has 1 aliphatic rings. The molecule has 1 aromatic carbocycles. The van der Waals surface area contributed by atoms with Gasteiger partial charge in [0, 0.05) is 19.1 Å². The largest absolute Gasteiger partial charge is 0.481 e. The standard InChI is InChI=1S/C20H32N2O3.ClH/c1-15(2)17-6-5-7-18(12-17)25-16(3)19(23)22-13-20(14-24-4)8-10-21-11-9-20;/h5-7,12,15-16,21H,8-11,13-14H2,1-4H3,(H,22,23);1H. The molecule has 1 aliphatic heterocycles. The molecule has 1 fully saturated rings. The number of ether oxygens (including phenoxy) is 2. The van der Waals surface area contributed by atoms with Crippen LogP contribution in [-0.2, 0) is 9.53 Å². The highest BCUT2D eigenvalue weighted by Crippen LogP contribution is 2.28. The minimum absolute atomic E-state index is 0. The van der Waals surface area contributed by atoms with Crippen LogP contribution in [0.15, 0.2) is 24.3 Å². The van der Waals surface area contributed by atoms with Gasteiger partial charge in [0.25, 0.3) is 5.91 Å². The summed E-state index contributed by atoms with van der Waals surface area (Å²) in [6.45, 7) is 9.30. The Morgan fingerprint density at radius 1 is 1.27 bits per heavy atom. The van der Waals surface area contributed by atoms with E-state index in [0.29, 0.717) is 19.1 Å². The molecular weight excluding hydrogens is 352 g/mol. The molecule has 1 heterocycles. The number of hydrogen-bond donors (Lipinski definition) is 2. The van der Waals surface area contributed by atoms with Crippen LogP contribution >= 0.6 is 12.4 Å². The van der Waals surface area contributed by atoms with Crippen molar-refractivity contribution in [2.45, 2.75) is 45.6 Å². The number of piperidine rings is 1. The molecule has 0 aliphatic carbocycles. The first kappa shape index (κ1) is 22.7. The molecule has 0 saturated carbocycles. The molecule has 2 rings (SSSR count). The van der Waals surface area contributed by atoms with E-state index >= 15 is 0 Å². The summed E-state index contributed by atoms with van der Waals surface area (Å²) in [6.07, 6.45) is 1.49. The van der Waals surface area contributed by atoms with Gasteiger partial charge in [-0.15, -0.1) is 12.4 Å². The van der Waals surface area contributed by atoms with Crippen LogP contribution in [0.3, 0.4) is 0 Å². The van der Waals surface area contributed by atoms with Gasteiger partial charge in [0.05, 0.1) is 6.61 Å². The van der Waals surface area contributed by atoms with Crippen molar-refractivity contribution in [2.75, 3.05) is 33.4 Å². The number of nitrogens with one attached hydrogen (secondary N) is 2. The van der Waals surface area contributed by atoms with E-state index in [1.165, 1.54) is 5.56 Å². The van der Waals surface area contributed by atoms with E-state index < -0.39 is 6.10 Å². The molecule has 5 nitrogen and oxygen atoms in total. The number of carbonyl (C=O) groups excluding carboxylic acids is 1. The lowest BCUT2D eigenvalue weighted by atomic mass is 9.79. The Bertz CT molecular complexity index is 554. The van der Waals surface area contributed by atoms with Gasteiger partial charge < -0.3 is 20.1 Å². The summed E-state index contributed by atoms with van der Waals surface area (Å²) >= 11 is 0. The van der Waals surface area contributed by atoms with Crippen molar-refractivity contribution in [3.63, 3.8) is 0 Å². The average molecular weight is 385 g/mol. The number of rotatable bonds is 8. The van der Waals surface area contributed by atoms with E-state index in [1.54, 1.807) is 14.0 Å². The molecule has 0 radical (unpaired) electrons. The Kier molecular flexibility index (Phi) is 9.41. The van der Waals surface area contributed by atoms with Crippen LogP contribution in [0.2, 0.25) is 0 Å². The summed E-state index contributed by atoms with van der Waals surface area (Å²) in [5.41, 5.74) is 1.23. The number of methoxy groups -OCH3 is 1. The van der Waals surface area contributed by atoms with E-state index in [9.17, 15) is 4.79 Å². The van der Waals surface area contributed by atoms with Crippen LogP contribution < -0.4 is 15.4 Å². The maximum absolute atomic E-state index is 12.5. The van der Waals surface area contributed by atoms with Gasteiger partial charge in [-0.05, 0) is 56.5 Å². The number of halogens is 1. The zero-order valence-electron chi connectivity index (χ0n) is 16.3. The number of hydrogen-bond acceptors (Lipinski definition) is 4. The molecular formula is C20H33ClN2O3. The fraction of sp³-hybridized carbons (Fsp3) is 0.650. The molecule has 26 heavy (non-hydrogen) atoms. The number of amides is 1. The van der Waals surface area contributed by atoms with Gasteiger partial charge in [-0.2, -0.15) is 0 Å². The molecule has 1 atom stereocenters. The van der Waals surface area contributed by atoms with Crippen molar-refractivity contribution in [1.29, 1.82) is 0 Å². The topological polar surface area (TPSA) is 59.6 Å². The van der Waals surface area contributed by atoms with Crippen LogP contribution in [0.4, 0.5) is 0 Å². The molecule has 0 bridgehead atoms. The van der Waals surface area contributed by atoms with Crippen LogP contribution in [0.25, 0.3) is 0 Å². The van der Waals surface area contributed by atoms with Gasteiger partial charge >= 0.3 is 0 Å². The normalized spacial score (nSPS) is 17.3. The van der Waals surface area contributed by atoms with Crippen molar-refractivity contribution in [3.05, 3.63) is 29.8 Å². The zero-order valence-corrected chi connectivity index (χ0v) is 17.2. The molecule has 1 aromatic rings. The van der Waals surface area contributed by atoms with Gasteiger partial charge in [0.1, 0.15) is 5.75 Å². The maximum atomic E-state index is 12.5. The van der Waals surface area contributed by atoms with Crippen molar-refractivity contribution in [1.82, 2.24) is 10.6 Å². The monoisotopic (exact) mass is 384 g/mol. The fourth-order valence-corrected chi connectivity index (χ4v) is 3.26. The Labute approximate surface area is 163 Å². The Hall–Kier alpha value is -1.30.